The van der Waals surface area contributed by atoms with E-state index in [2.05, 4.69) is 10.3 Å². The van der Waals surface area contributed by atoms with Crippen LogP contribution in [0.15, 0.2) is 60.8 Å². The van der Waals surface area contributed by atoms with Gasteiger partial charge in [-0.05, 0) is 30.3 Å². The van der Waals surface area contributed by atoms with Crippen molar-refractivity contribution in [2.75, 3.05) is 24.4 Å². The summed E-state index contributed by atoms with van der Waals surface area (Å²) in [6, 6.07) is 16.4. The summed E-state index contributed by atoms with van der Waals surface area (Å²) in [5.41, 5.74) is 2.23. The van der Waals surface area contributed by atoms with Crippen LogP contribution >= 0.6 is 11.6 Å². The molecule has 0 saturated carbocycles. The van der Waals surface area contributed by atoms with Gasteiger partial charge in [0.15, 0.2) is 0 Å². The molecule has 0 aliphatic carbocycles. The number of hydrogen-bond acceptors (Lipinski definition) is 5. The summed E-state index contributed by atoms with van der Waals surface area (Å²) < 4.78 is 10.8. The van der Waals surface area contributed by atoms with Gasteiger partial charge in [-0.15, -0.1) is 0 Å². The highest BCUT2D eigenvalue weighted by Gasteiger charge is 2.38. The first-order chi connectivity index (χ1) is 13.6. The first kappa shape index (κ1) is 18.1. The molecule has 1 atom stereocenters. The van der Waals surface area contributed by atoms with Crippen molar-refractivity contribution in [1.29, 1.82) is 0 Å². The predicted octanol–water partition coefficient (Wildman–Crippen LogP) is 4.52. The number of hydrogen-bond donors (Lipinski definition) is 1. The molecule has 4 rings (SSSR count). The van der Waals surface area contributed by atoms with Gasteiger partial charge in [-0.1, -0.05) is 29.8 Å². The zero-order valence-electron chi connectivity index (χ0n) is 15.3. The molecule has 28 heavy (non-hydrogen) atoms. The average Bonchev–Trinajstić information content (AvgIpc) is 3.01. The van der Waals surface area contributed by atoms with Gasteiger partial charge in [-0.2, -0.15) is 0 Å². The Hall–Kier alpha value is -3.25. The van der Waals surface area contributed by atoms with Crippen LogP contribution in [0.1, 0.15) is 22.1 Å². The molecule has 2 heterocycles. The number of anilines is 2. The van der Waals surface area contributed by atoms with Crippen LogP contribution in [0, 0.1) is 0 Å². The highest BCUT2D eigenvalue weighted by Crippen LogP contribution is 2.39. The number of ether oxygens (including phenoxy) is 2. The van der Waals surface area contributed by atoms with Crippen LogP contribution in [0.5, 0.6) is 11.5 Å². The highest BCUT2D eigenvalue weighted by molar-refractivity contribution is 6.30. The third-order valence-electron chi connectivity index (χ3n) is 4.62. The van der Waals surface area contributed by atoms with E-state index in [1.54, 1.807) is 37.3 Å². The molecule has 6 nitrogen and oxygen atoms in total. The Morgan fingerprint density at radius 2 is 1.89 bits per heavy atom. The largest absolute Gasteiger partial charge is 0.497 e. The fraction of sp³-hybridized carbons (Fsp3) is 0.143. The molecule has 1 aliphatic rings. The standard InChI is InChI=1S/C21H18ClN3O3/c1-27-14-8-9-17(18(11-14)28-2)24-20-15-5-3-4-6-16(15)21(26)25(20)19-10-7-13(22)12-23-19/h3-12,20,24H,1-2H3/t20-/m1/s1. The summed E-state index contributed by atoms with van der Waals surface area (Å²) in [6.45, 7) is 0. The van der Waals surface area contributed by atoms with Gasteiger partial charge in [0.2, 0.25) is 0 Å². The first-order valence-electron chi connectivity index (χ1n) is 8.65. The number of aromatic nitrogens is 1. The molecule has 1 aromatic heterocycles. The van der Waals surface area contributed by atoms with Crippen LogP contribution in [0.25, 0.3) is 0 Å². The molecule has 0 spiro atoms. The zero-order valence-corrected chi connectivity index (χ0v) is 16.1. The molecule has 0 saturated heterocycles. The predicted molar refractivity (Wildman–Crippen MR) is 108 cm³/mol. The number of benzene rings is 2. The maximum atomic E-state index is 13.1. The average molecular weight is 396 g/mol. The summed E-state index contributed by atoms with van der Waals surface area (Å²) in [6.07, 6.45) is 1.08. The maximum absolute atomic E-state index is 13.1. The van der Waals surface area contributed by atoms with Crippen molar-refractivity contribution in [3.05, 3.63) is 76.9 Å². The van der Waals surface area contributed by atoms with E-state index in [1.165, 1.54) is 6.20 Å². The van der Waals surface area contributed by atoms with Crippen LogP contribution in [-0.4, -0.2) is 25.1 Å². The lowest BCUT2D eigenvalue weighted by atomic mass is 10.1. The van der Waals surface area contributed by atoms with E-state index < -0.39 is 6.17 Å². The minimum Gasteiger partial charge on any atom is -0.497 e. The fourth-order valence-electron chi connectivity index (χ4n) is 3.27. The van der Waals surface area contributed by atoms with Gasteiger partial charge >= 0.3 is 0 Å². The normalized spacial score (nSPS) is 15.3. The van der Waals surface area contributed by atoms with Gasteiger partial charge in [-0.3, -0.25) is 9.69 Å². The number of nitrogens with one attached hydrogen (secondary N) is 1. The molecular formula is C21H18ClN3O3. The van der Waals surface area contributed by atoms with E-state index in [1.807, 2.05) is 36.4 Å². The van der Waals surface area contributed by atoms with E-state index in [0.717, 1.165) is 11.3 Å². The van der Waals surface area contributed by atoms with Crippen LogP contribution < -0.4 is 19.7 Å². The van der Waals surface area contributed by atoms with Crippen LogP contribution in [0.2, 0.25) is 5.02 Å². The molecular weight excluding hydrogens is 378 g/mol. The third-order valence-corrected chi connectivity index (χ3v) is 4.85. The quantitative estimate of drug-likeness (QED) is 0.688. The van der Waals surface area contributed by atoms with E-state index in [9.17, 15) is 4.79 Å². The van der Waals surface area contributed by atoms with Gasteiger partial charge < -0.3 is 14.8 Å². The number of nitrogens with zero attached hydrogens (tertiary/aromatic N) is 2. The lowest BCUT2D eigenvalue weighted by Gasteiger charge is -2.27. The van der Waals surface area contributed by atoms with Crippen molar-refractivity contribution in [3.63, 3.8) is 0 Å². The SMILES string of the molecule is COc1ccc(N[C@H]2c3ccccc3C(=O)N2c2ccc(Cl)cn2)c(OC)c1. The molecule has 0 radical (unpaired) electrons. The minimum absolute atomic E-state index is 0.129. The van der Waals surface area contributed by atoms with Crippen molar-refractivity contribution in [1.82, 2.24) is 4.98 Å². The second-order valence-electron chi connectivity index (χ2n) is 6.21. The van der Waals surface area contributed by atoms with Crippen molar-refractivity contribution in [3.8, 4) is 11.5 Å². The topological polar surface area (TPSA) is 63.7 Å². The van der Waals surface area contributed by atoms with Crippen LogP contribution in [0.4, 0.5) is 11.5 Å². The van der Waals surface area contributed by atoms with Gasteiger partial charge in [-0.25, -0.2) is 4.98 Å². The summed E-state index contributed by atoms with van der Waals surface area (Å²) >= 11 is 5.97. The molecule has 1 amide bonds. The number of carbonyl (C=O) groups excluding carboxylic acids is 1. The van der Waals surface area contributed by atoms with Crippen LogP contribution in [-0.2, 0) is 0 Å². The summed E-state index contributed by atoms with van der Waals surface area (Å²) in [7, 11) is 3.19. The Kier molecular flexibility index (Phi) is 4.79. The Morgan fingerprint density at radius 3 is 2.61 bits per heavy atom. The van der Waals surface area contributed by atoms with E-state index in [0.29, 0.717) is 27.9 Å². The number of rotatable bonds is 5. The number of fused-ring (bicyclic) bond motifs is 1. The van der Waals surface area contributed by atoms with Gasteiger partial charge in [0.1, 0.15) is 23.5 Å². The van der Waals surface area contributed by atoms with E-state index in [-0.39, 0.29) is 5.91 Å². The maximum Gasteiger partial charge on any atom is 0.261 e. The Bertz CT molecular complexity index is 1020. The molecule has 0 fully saturated rings. The highest BCUT2D eigenvalue weighted by atomic mass is 35.5. The number of carbonyl (C=O) groups is 1. The lowest BCUT2D eigenvalue weighted by molar-refractivity contribution is 0.0992. The number of methoxy groups -OCH3 is 2. The molecule has 0 bridgehead atoms. The Balaban J connectivity index is 1.78. The van der Waals surface area contributed by atoms with Gasteiger partial charge in [0, 0.05) is 23.4 Å². The van der Waals surface area contributed by atoms with Gasteiger partial charge in [0.05, 0.1) is 24.9 Å². The second-order valence-corrected chi connectivity index (χ2v) is 6.65. The molecule has 142 valence electrons. The summed E-state index contributed by atoms with van der Waals surface area (Å²) in [4.78, 5) is 19.1. The number of halogens is 1. The smallest absolute Gasteiger partial charge is 0.261 e. The number of pyridine rings is 1. The minimum atomic E-state index is -0.445. The summed E-state index contributed by atoms with van der Waals surface area (Å²) in [5.74, 6) is 1.67. The van der Waals surface area contributed by atoms with Crippen molar-refractivity contribution in [2.24, 2.45) is 0 Å². The Labute approximate surface area is 167 Å². The summed E-state index contributed by atoms with van der Waals surface area (Å²) in [5, 5.41) is 3.92. The van der Waals surface area contributed by atoms with Crippen LogP contribution in [0.3, 0.4) is 0 Å². The first-order valence-corrected chi connectivity index (χ1v) is 9.03. The van der Waals surface area contributed by atoms with E-state index in [4.69, 9.17) is 21.1 Å². The lowest BCUT2D eigenvalue weighted by Crippen LogP contribution is -2.33. The second kappa shape index (κ2) is 7.40. The fourth-order valence-corrected chi connectivity index (χ4v) is 3.38. The van der Waals surface area contributed by atoms with Crippen molar-refractivity contribution in [2.45, 2.75) is 6.17 Å². The zero-order chi connectivity index (χ0) is 19.7. The Morgan fingerprint density at radius 1 is 1.07 bits per heavy atom. The number of amides is 1. The van der Waals surface area contributed by atoms with Gasteiger partial charge in [0.25, 0.3) is 5.91 Å². The molecule has 0 unspecified atom stereocenters. The van der Waals surface area contributed by atoms with Crippen molar-refractivity contribution >= 4 is 29.0 Å². The monoisotopic (exact) mass is 395 g/mol. The molecule has 7 heteroatoms. The molecule has 3 aromatic rings. The van der Waals surface area contributed by atoms with E-state index >= 15 is 0 Å². The van der Waals surface area contributed by atoms with Crippen molar-refractivity contribution < 1.29 is 14.3 Å². The molecule has 1 N–H and O–H groups in total. The molecule has 1 aliphatic heterocycles. The third kappa shape index (κ3) is 3.12. The molecule has 2 aromatic carbocycles.